The van der Waals surface area contributed by atoms with Crippen molar-refractivity contribution in [3.05, 3.63) is 35.9 Å². The Labute approximate surface area is 183 Å². The maximum absolute atomic E-state index is 10.6. The van der Waals surface area contributed by atoms with E-state index in [0.717, 1.165) is 0 Å². The highest BCUT2D eigenvalue weighted by Crippen LogP contribution is 2.31. The fourth-order valence-electron chi connectivity index (χ4n) is 3.61. The minimum absolute atomic E-state index is 0.487. The fraction of sp³-hybridized carbons (Fsp3) is 0.650. The lowest BCUT2D eigenvalue weighted by molar-refractivity contribution is -0.361. The summed E-state index contributed by atoms with van der Waals surface area (Å²) in [4.78, 5) is 0. The highest BCUT2D eigenvalue weighted by atomic mass is 16.7. The number of ether oxygens (including phenoxy) is 4. The minimum Gasteiger partial charge on any atom is -0.394 e. The van der Waals surface area contributed by atoms with Gasteiger partial charge in [0.2, 0.25) is 0 Å². The largest absolute Gasteiger partial charge is 0.394 e. The van der Waals surface area contributed by atoms with Gasteiger partial charge in [-0.05, 0) is 5.56 Å². The number of rotatable bonds is 7. The minimum atomic E-state index is -1.76. The first kappa shape index (κ1) is 24.9. The van der Waals surface area contributed by atoms with Gasteiger partial charge in [-0.1, -0.05) is 30.3 Å². The van der Waals surface area contributed by atoms with E-state index in [4.69, 9.17) is 18.9 Å². The molecule has 2 fully saturated rings. The Balaban J connectivity index is 1.72. The lowest BCUT2D eigenvalue weighted by Gasteiger charge is -2.46. The van der Waals surface area contributed by atoms with Gasteiger partial charge < -0.3 is 54.7 Å². The summed E-state index contributed by atoms with van der Waals surface area (Å²) in [5.41, 5.74) is 0.487. The summed E-state index contributed by atoms with van der Waals surface area (Å²) in [7, 11) is 0. The van der Waals surface area contributed by atoms with Crippen LogP contribution in [0.2, 0.25) is 0 Å². The molecule has 12 nitrogen and oxygen atoms in total. The first-order valence-corrected chi connectivity index (χ1v) is 10.0. The summed E-state index contributed by atoms with van der Waals surface area (Å²) in [6.45, 7) is -1.39. The smallest absolute Gasteiger partial charge is 0.188 e. The quantitative estimate of drug-likeness (QED) is 0.218. The molecule has 2 aliphatic rings. The zero-order valence-electron chi connectivity index (χ0n) is 16.9. The summed E-state index contributed by atoms with van der Waals surface area (Å²) in [5, 5.41) is 79.4. The lowest BCUT2D eigenvalue weighted by atomic mass is 9.97. The van der Waals surface area contributed by atoms with Crippen LogP contribution in [0, 0.1) is 11.3 Å². The maximum atomic E-state index is 10.6. The zero-order valence-corrected chi connectivity index (χ0v) is 16.9. The molecule has 178 valence electrons. The second-order valence-corrected chi connectivity index (χ2v) is 7.56. The van der Waals surface area contributed by atoms with Gasteiger partial charge in [-0.15, -0.1) is 0 Å². The third kappa shape index (κ3) is 5.09. The van der Waals surface area contributed by atoms with Gasteiger partial charge in [-0.2, -0.15) is 5.26 Å². The van der Waals surface area contributed by atoms with Crippen molar-refractivity contribution < 1.29 is 54.7 Å². The molecule has 1 aromatic rings. The number of hydrogen-bond acceptors (Lipinski definition) is 12. The van der Waals surface area contributed by atoms with Gasteiger partial charge in [-0.3, -0.25) is 0 Å². The van der Waals surface area contributed by atoms with E-state index in [0.29, 0.717) is 5.56 Å². The average molecular weight is 457 g/mol. The molecule has 1 aromatic carbocycles. The Kier molecular flexibility index (Phi) is 8.50. The Morgan fingerprint density at radius 2 is 1.41 bits per heavy atom. The highest BCUT2D eigenvalue weighted by Gasteiger charge is 2.51. The van der Waals surface area contributed by atoms with Gasteiger partial charge in [0, 0.05) is 0 Å². The van der Waals surface area contributed by atoms with Gasteiger partial charge in [0.1, 0.15) is 48.8 Å². The first-order chi connectivity index (χ1) is 15.3. The third-order valence-electron chi connectivity index (χ3n) is 5.45. The molecule has 11 atom stereocenters. The number of aliphatic hydroxyl groups is 7. The molecule has 1 unspecified atom stereocenters. The van der Waals surface area contributed by atoms with Crippen molar-refractivity contribution in [1.29, 1.82) is 5.26 Å². The Morgan fingerprint density at radius 3 is 2.00 bits per heavy atom. The van der Waals surface area contributed by atoms with Crippen LogP contribution in [0.3, 0.4) is 0 Å². The van der Waals surface area contributed by atoms with Crippen molar-refractivity contribution in [1.82, 2.24) is 0 Å². The molecular weight excluding hydrogens is 430 g/mol. The Bertz CT molecular complexity index is 758. The molecule has 0 bridgehead atoms. The summed E-state index contributed by atoms with van der Waals surface area (Å²) in [5.74, 6) is 0. The predicted molar refractivity (Wildman–Crippen MR) is 102 cm³/mol. The first-order valence-electron chi connectivity index (χ1n) is 10.0. The molecule has 0 aliphatic carbocycles. The summed E-state index contributed by atoms with van der Waals surface area (Å²) in [6, 6.07) is 10.3. The standard InChI is InChI=1S/C20H27NO11/c21-6-10(9-4-2-1-3-5-9)29-19-17(28)15(26)18(12(8-23)31-19)32-20-16(27)14(25)13(24)11(7-22)30-20/h1-5,10-20,22-28H,7-8H2/t10-,11+,12+,13+,14-,15+,16+,17+,18+,19+,20?/m0/s1. The maximum Gasteiger partial charge on any atom is 0.188 e. The van der Waals surface area contributed by atoms with Crippen LogP contribution in [0.4, 0.5) is 0 Å². The van der Waals surface area contributed by atoms with E-state index in [1.54, 1.807) is 30.3 Å². The molecule has 2 saturated heterocycles. The number of aliphatic hydroxyl groups excluding tert-OH is 7. The molecule has 12 heteroatoms. The van der Waals surface area contributed by atoms with Gasteiger partial charge in [0.25, 0.3) is 0 Å². The van der Waals surface area contributed by atoms with Gasteiger partial charge in [-0.25, -0.2) is 0 Å². The van der Waals surface area contributed by atoms with Crippen LogP contribution < -0.4 is 0 Å². The second kappa shape index (κ2) is 10.9. The number of benzene rings is 1. The van der Waals surface area contributed by atoms with Crippen LogP contribution in [0.1, 0.15) is 11.7 Å². The van der Waals surface area contributed by atoms with Crippen LogP contribution in [-0.2, 0) is 18.9 Å². The normalized spacial score (nSPS) is 41.1. The van der Waals surface area contributed by atoms with Crippen molar-refractivity contribution in [2.75, 3.05) is 13.2 Å². The topological polar surface area (TPSA) is 202 Å². The van der Waals surface area contributed by atoms with Crippen molar-refractivity contribution in [3.8, 4) is 6.07 Å². The van der Waals surface area contributed by atoms with Crippen molar-refractivity contribution >= 4 is 0 Å². The molecule has 0 amide bonds. The van der Waals surface area contributed by atoms with Gasteiger partial charge in [0.05, 0.1) is 19.3 Å². The molecular formula is C20H27NO11. The van der Waals surface area contributed by atoms with Gasteiger partial charge >= 0.3 is 0 Å². The number of nitriles is 1. The molecule has 0 saturated carbocycles. The Morgan fingerprint density at radius 1 is 0.812 bits per heavy atom. The molecule has 3 rings (SSSR count). The SMILES string of the molecule is N#C[C@H](O[C@@H]1O[C@H](CO)[C@@H](OC2O[C@H](CO)[C@@H](O)[C@H](O)[C@H]2O)[C@H](O)[C@H]1O)c1ccccc1. The van der Waals surface area contributed by atoms with Crippen LogP contribution in [0.25, 0.3) is 0 Å². The zero-order chi connectivity index (χ0) is 23.4. The summed E-state index contributed by atoms with van der Waals surface area (Å²) >= 11 is 0. The summed E-state index contributed by atoms with van der Waals surface area (Å²) in [6.07, 6.45) is -16.8. The van der Waals surface area contributed by atoms with E-state index in [-0.39, 0.29) is 0 Å². The van der Waals surface area contributed by atoms with E-state index >= 15 is 0 Å². The van der Waals surface area contributed by atoms with Crippen molar-refractivity contribution in [2.45, 2.75) is 67.5 Å². The molecule has 0 aromatic heterocycles. The van der Waals surface area contributed by atoms with E-state index in [9.17, 15) is 41.0 Å². The molecule has 7 N–H and O–H groups in total. The highest BCUT2D eigenvalue weighted by molar-refractivity contribution is 5.22. The van der Waals surface area contributed by atoms with E-state index in [1.165, 1.54) is 0 Å². The van der Waals surface area contributed by atoms with E-state index in [1.807, 2.05) is 6.07 Å². The van der Waals surface area contributed by atoms with E-state index < -0.39 is 80.7 Å². The summed E-state index contributed by atoms with van der Waals surface area (Å²) < 4.78 is 21.7. The second-order valence-electron chi connectivity index (χ2n) is 7.56. The Hall–Kier alpha value is -1.73. The molecule has 32 heavy (non-hydrogen) atoms. The predicted octanol–water partition coefficient (Wildman–Crippen LogP) is -3.11. The average Bonchev–Trinajstić information content (AvgIpc) is 2.82. The van der Waals surface area contributed by atoms with E-state index in [2.05, 4.69) is 0 Å². The molecule has 2 heterocycles. The van der Waals surface area contributed by atoms with Crippen LogP contribution in [-0.4, -0.2) is 110 Å². The number of hydrogen-bond donors (Lipinski definition) is 7. The van der Waals surface area contributed by atoms with Crippen LogP contribution in [0.5, 0.6) is 0 Å². The lowest BCUT2D eigenvalue weighted by Crippen LogP contribution is -2.64. The van der Waals surface area contributed by atoms with Crippen LogP contribution >= 0.6 is 0 Å². The van der Waals surface area contributed by atoms with Crippen molar-refractivity contribution in [3.63, 3.8) is 0 Å². The molecule has 0 radical (unpaired) electrons. The monoisotopic (exact) mass is 457 g/mol. The van der Waals surface area contributed by atoms with Crippen molar-refractivity contribution in [2.24, 2.45) is 0 Å². The van der Waals surface area contributed by atoms with Crippen LogP contribution in [0.15, 0.2) is 30.3 Å². The van der Waals surface area contributed by atoms with Gasteiger partial charge in [0.15, 0.2) is 18.7 Å². The molecule has 2 aliphatic heterocycles. The third-order valence-corrected chi connectivity index (χ3v) is 5.45. The molecule has 0 spiro atoms. The fourth-order valence-corrected chi connectivity index (χ4v) is 3.61. The number of nitrogens with zero attached hydrogens (tertiary/aromatic N) is 1.